The molecule has 1 aromatic heterocycles. The molecule has 0 radical (unpaired) electrons. The summed E-state index contributed by atoms with van der Waals surface area (Å²) in [6, 6.07) is 3.03. The minimum Gasteiger partial charge on any atom is -0.327 e. The molecule has 0 spiro atoms. The fourth-order valence-electron chi connectivity index (χ4n) is 3.51. The number of fused-ring (bicyclic) bond motifs is 1. The molecule has 5 heteroatoms. The largest absolute Gasteiger partial charge is 0.327 e. The highest BCUT2D eigenvalue weighted by Gasteiger charge is 2.40. The third kappa shape index (κ3) is 2.96. The van der Waals surface area contributed by atoms with Crippen LogP contribution in [0.3, 0.4) is 0 Å². The first-order valence-electron chi connectivity index (χ1n) is 7.15. The van der Waals surface area contributed by atoms with Gasteiger partial charge in [0.1, 0.15) is 0 Å². The molecule has 4 nitrogen and oxygen atoms in total. The molecule has 2 heterocycles. The first-order valence-corrected chi connectivity index (χ1v) is 7.15. The van der Waals surface area contributed by atoms with Crippen molar-refractivity contribution in [2.24, 2.45) is 17.6 Å². The Labute approximate surface area is 121 Å². The highest BCUT2D eigenvalue weighted by Crippen LogP contribution is 2.37. The number of halogens is 1. The molecule has 2 aliphatic rings. The van der Waals surface area contributed by atoms with Crippen LogP contribution in [0.4, 0.5) is 0 Å². The van der Waals surface area contributed by atoms with Gasteiger partial charge in [0.15, 0.2) is 0 Å². The van der Waals surface area contributed by atoms with Gasteiger partial charge < -0.3 is 5.73 Å². The van der Waals surface area contributed by atoms with Crippen molar-refractivity contribution in [2.45, 2.75) is 45.3 Å². The lowest BCUT2D eigenvalue weighted by atomic mass is 9.98. The van der Waals surface area contributed by atoms with E-state index < -0.39 is 0 Å². The Kier molecular flexibility index (Phi) is 4.54. The van der Waals surface area contributed by atoms with Gasteiger partial charge in [-0.15, -0.1) is 12.4 Å². The Bertz CT molecular complexity index is 417. The maximum atomic E-state index is 6.17. The van der Waals surface area contributed by atoms with Gasteiger partial charge in [0.05, 0.1) is 5.69 Å². The molecule has 2 N–H and O–H groups in total. The standard InChI is InChI=1S/C14H24N4.ClH/c1-10(2)18-6-5-12(16-18)8-17-7-11-3-4-14(15)13(11)9-17;/h5-6,10-11,13-14H,3-4,7-9,15H2,1-2H3;1H. The fraction of sp³-hybridized carbons (Fsp3) is 0.786. The van der Waals surface area contributed by atoms with Crippen LogP contribution in [0.25, 0.3) is 0 Å². The second-order valence-electron chi connectivity index (χ2n) is 6.24. The molecule has 1 aliphatic carbocycles. The van der Waals surface area contributed by atoms with E-state index in [2.05, 4.69) is 36.1 Å². The number of nitrogens with two attached hydrogens (primary N) is 1. The summed E-state index contributed by atoms with van der Waals surface area (Å²) in [5.41, 5.74) is 7.36. The van der Waals surface area contributed by atoms with Crippen molar-refractivity contribution in [1.82, 2.24) is 14.7 Å². The van der Waals surface area contributed by atoms with E-state index in [4.69, 9.17) is 5.73 Å². The van der Waals surface area contributed by atoms with Crippen LogP contribution in [0.5, 0.6) is 0 Å². The third-order valence-corrected chi connectivity index (χ3v) is 4.57. The third-order valence-electron chi connectivity index (χ3n) is 4.57. The molecule has 3 unspecified atom stereocenters. The molecular formula is C14H25ClN4. The van der Waals surface area contributed by atoms with Gasteiger partial charge in [-0.3, -0.25) is 9.58 Å². The Morgan fingerprint density at radius 1 is 1.37 bits per heavy atom. The average Bonchev–Trinajstić information content (AvgIpc) is 2.98. The summed E-state index contributed by atoms with van der Waals surface area (Å²) in [5, 5.41) is 4.63. The maximum absolute atomic E-state index is 6.17. The van der Waals surface area contributed by atoms with Crippen molar-refractivity contribution in [1.29, 1.82) is 0 Å². The fourth-order valence-corrected chi connectivity index (χ4v) is 3.51. The summed E-state index contributed by atoms with van der Waals surface area (Å²) >= 11 is 0. The van der Waals surface area contributed by atoms with Crippen molar-refractivity contribution in [3.8, 4) is 0 Å². The van der Waals surface area contributed by atoms with Crippen LogP contribution in [0.2, 0.25) is 0 Å². The molecule has 1 saturated carbocycles. The first-order chi connectivity index (χ1) is 8.63. The molecule has 1 aromatic rings. The van der Waals surface area contributed by atoms with Crippen LogP contribution in [-0.2, 0) is 6.54 Å². The van der Waals surface area contributed by atoms with Gasteiger partial charge in [0.2, 0.25) is 0 Å². The van der Waals surface area contributed by atoms with Crippen LogP contribution < -0.4 is 5.73 Å². The number of likely N-dealkylation sites (tertiary alicyclic amines) is 1. The molecule has 3 rings (SSSR count). The van der Waals surface area contributed by atoms with E-state index in [1.54, 1.807) is 0 Å². The van der Waals surface area contributed by atoms with Gasteiger partial charge in [-0.2, -0.15) is 5.10 Å². The SMILES string of the molecule is CC(C)n1ccc(CN2CC3CCC(N)C3C2)n1.Cl. The topological polar surface area (TPSA) is 47.1 Å². The lowest BCUT2D eigenvalue weighted by Crippen LogP contribution is -2.30. The van der Waals surface area contributed by atoms with Gasteiger partial charge >= 0.3 is 0 Å². The molecule has 1 saturated heterocycles. The highest BCUT2D eigenvalue weighted by atomic mass is 35.5. The molecular weight excluding hydrogens is 260 g/mol. The van der Waals surface area contributed by atoms with Gasteiger partial charge in [-0.05, 0) is 44.6 Å². The number of aromatic nitrogens is 2. The average molecular weight is 285 g/mol. The molecule has 3 atom stereocenters. The molecule has 0 aromatic carbocycles. The molecule has 19 heavy (non-hydrogen) atoms. The number of hydrogen-bond donors (Lipinski definition) is 1. The van der Waals surface area contributed by atoms with Crippen molar-refractivity contribution >= 4 is 12.4 Å². The van der Waals surface area contributed by atoms with E-state index in [0.717, 1.165) is 18.4 Å². The van der Waals surface area contributed by atoms with Gasteiger partial charge in [-0.1, -0.05) is 0 Å². The van der Waals surface area contributed by atoms with E-state index >= 15 is 0 Å². The minimum absolute atomic E-state index is 0. The maximum Gasteiger partial charge on any atom is 0.0764 e. The second-order valence-corrected chi connectivity index (χ2v) is 6.24. The van der Waals surface area contributed by atoms with Gasteiger partial charge in [0, 0.05) is 37.9 Å². The first kappa shape index (κ1) is 14.8. The number of hydrogen-bond acceptors (Lipinski definition) is 3. The van der Waals surface area contributed by atoms with Crippen LogP contribution >= 0.6 is 12.4 Å². The van der Waals surface area contributed by atoms with Crippen molar-refractivity contribution in [2.75, 3.05) is 13.1 Å². The Balaban J connectivity index is 0.00000133. The molecule has 1 aliphatic heterocycles. The van der Waals surface area contributed by atoms with Gasteiger partial charge in [-0.25, -0.2) is 0 Å². The van der Waals surface area contributed by atoms with Crippen molar-refractivity contribution in [3.63, 3.8) is 0 Å². The molecule has 0 amide bonds. The zero-order valence-electron chi connectivity index (χ0n) is 11.8. The second kappa shape index (κ2) is 5.81. The van der Waals surface area contributed by atoms with E-state index in [1.165, 1.54) is 31.6 Å². The zero-order valence-corrected chi connectivity index (χ0v) is 12.6. The summed E-state index contributed by atoms with van der Waals surface area (Å²) in [4.78, 5) is 2.53. The molecule has 108 valence electrons. The van der Waals surface area contributed by atoms with Crippen LogP contribution in [0, 0.1) is 11.8 Å². The summed E-state index contributed by atoms with van der Waals surface area (Å²) in [5.74, 6) is 1.57. The summed E-state index contributed by atoms with van der Waals surface area (Å²) < 4.78 is 2.04. The van der Waals surface area contributed by atoms with Crippen LogP contribution in [0.1, 0.15) is 38.4 Å². The Morgan fingerprint density at radius 3 is 2.79 bits per heavy atom. The zero-order chi connectivity index (χ0) is 12.7. The van der Waals surface area contributed by atoms with Crippen LogP contribution in [-0.4, -0.2) is 33.8 Å². The monoisotopic (exact) mass is 284 g/mol. The minimum atomic E-state index is 0. The van der Waals surface area contributed by atoms with E-state index in [9.17, 15) is 0 Å². The van der Waals surface area contributed by atoms with Crippen molar-refractivity contribution in [3.05, 3.63) is 18.0 Å². The lowest BCUT2D eigenvalue weighted by Gasteiger charge is -2.17. The predicted octanol–water partition coefficient (Wildman–Crippen LogP) is 2.05. The quantitative estimate of drug-likeness (QED) is 0.924. The van der Waals surface area contributed by atoms with E-state index in [-0.39, 0.29) is 12.4 Å². The molecule has 0 bridgehead atoms. The van der Waals surface area contributed by atoms with E-state index in [0.29, 0.717) is 12.1 Å². The number of rotatable bonds is 3. The summed E-state index contributed by atoms with van der Waals surface area (Å²) in [6.07, 6.45) is 4.64. The Hall–Kier alpha value is -0.580. The molecule has 2 fully saturated rings. The summed E-state index contributed by atoms with van der Waals surface area (Å²) in [6.45, 7) is 7.69. The smallest absolute Gasteiger partial charge is 0.0764 e. The number of nitrogens with zero attached hydrogens (tertiary/aromatic N) is 3. The summed E-state index contributed by atoms with van der Waals surface area (Å²) in [7, 11) is 0. The van der Waals surface area contributed by atoms with E-state index in [1.807, 2.05) is 4.68 Å². The normalized spacial score (nSPS) is 30.6. The van der Waals surface area contributed by atoms with Crippen LogP contribution in [0.15, 0.2) is 12.3 Å². The lowest BCUT2D eigenvalue weighted by molar-refractivity contribution is 0.293. The Morgan fingerprint density at radius 2 is 2.16 bits per heavy atom. The highest BCUT2D eigenvalue weighted by molar-refractivity contribution is 5.85. The van der Waals surface area contributed by atoms with Gasteiger partial charge in [0.25, 0.3) is 0 Å². The predicted molar refractivity (Wildman–Crippen MR) is 79.3 cm³/mol. The van der Waals surface area contributed by atoms with Crippen molar-refractivity contribution < 1.29 is 0 Å².